The van der Waals surface area contributed by atoms with Crippen LogP contribution in [0.5, 0.6) is 5.75 Å². The van der Waals surface area contributed by atoms with Gasteiger partial charge in [-0.25, -0.2) is 0 Å². The number of halogens is 1. The van der Waals surface area contributed by atoms with Gasteiger partial charge in [-0.05, 0) is 35.8 Å². The summed E-state index contributed by atoms with van der Waals surface area (Å²) in [6, 6.07) is 2.08. The molecule has 18 heavy (non-hydrogen) atoms. The zero-order valence-corrected chi connectivity index (χ0v) is 12.8. The summed E-state index contributed by atoms with van der Waals surface area (Å²) < 4.78 is 8.03. The second-order valence-electron chi connectivity index (χ2n) is 4.21. The van der Waals surface area contributed by atoms with Crippen molar-refractivity contribution in [3.05, 3.63) is 32.7 Å². The van der Waals surface area contributed by atoms with Gasteiger partial charge in [0.25, 0.3) is 0 Å². The summed E-state index contributed by atoms with van der Waals surface area (Å²) in [7, 11) is 1.59. The van der Waals surface area contributed by atoms with Crippen molar-refractivity contribution in [3.8, 4) is 5.75 Å². The molecule has 0 spiro atoms. The van der Waals surface area contributed by atoms with E-state index in [9.17, 15) is 5.11 Å². The lowest BCUT2D eigenvalue weighted by atomic mass is 10.2. The predicted octanol–water partition coefficient (Wildman–Crippen LogP) is 3.38. The van der Waals surface area contributed by atoms with E-state index in [1.54, 1.807) is 18.0 Å². The van der Waals surface area contributed by atoms with Crippen LogP contribution >= 0.6 is 27.3 Å². The number of thiophene rings is 1. The molecule has 6 heteroatoms. The van der Waals surface area contributed by atoms with Gasteiger partial charge in [0, 0.05) is 20.8 Å². The van der Waals surface area contributed by atoms with Crippen molar-refractivity contribution in [2.45, 2.75) is 26.0 Å². The Morgan fingerprint density at radius 3 is 2.72 bits per heavy atom. The van der Waals surface area contributed by atoms with Gasteiger partial charge in [-0.3, -0.25) is 4.68 Å². The number of methoxy groups -OCH3 is 1. The van der Waals surface area contributed by atoms with Gasteiger partial charge >= 0.3 is 0 Å². The summed E-state index contributed by atoms with van der Waals surface area (Å²) in [4.78, 5) is 0.863. The fourth-order valence-electron chi connectivity index (χ4n) is 1.79. The van der Waals surface area contributed by atoms with Crippen molar-refractivity contribution < 1.29 is 9.84 Å². The summed E-state index contributed by atoms with van der Waals surface area (Å²) in [5.74, 6) is 0.612. The van der Waals surface area contributed by atoms with Crippen LogP contribution < -0.4 is 4.74 Å². The molecule has 0 saturated carbocycles. The van der Waals surface area contributed by atoms with Crippen molar-refractivity contribution in [1.82, 2.24) is 9.78 Å². The largest absolute Gasteiger partial charge is 0.493 e. The standard InChI is InChI=1S/C12H15BrN2O2S/c1-7(2)15-11(9(17-3)5-14-15)12(16)10-4-8(13)6-18-10/h4-7,12,16H,1-3H3. The molecule has 1 unspecified atom stereocenters. The SMILES string of the molecule is COc1cnn(C(C)C)c1C(O)c1cc(Br)cs1. The van der Waals surface area contributed by atoms with Gasteiger partial charge in [-0.15, -0.1) is 11.3 Å². The van der Waals surface area contributed by atoms with Gasteiger partial charge in [0.2, 0.25) is 0 Å². The van der Waals surface area contributed by atoms with E-state index in [0.717, 1.165) is 9.35 Å². The van der Waals surface area contributed by atoms with Crippen LogP contribution in [-0.4, -0.2) is 22.0 Å². The van der Waals surface area contributed by atoms with Gasteiger partial charge in [0.15, 0.2) is 5.75 Å². The fraction of sp³-hybridized carbons (Fsp3) is 0.417. The predicted molar refractivity (Wildman–Crippen MR) is 75.2 cm³/mol. The molecule has 0 radical (unpaired) electrons. The van der Waals surface area contributed by atoms with Crippen molar-refractivity contribution in [2.75, 3.05) is 7.11 Å². The molecular formula is C12H15BrN2O2S. The van der Waals surface area contributed by atoms with Crippen LogP contribution in [0.2, 0.25) is 0 Å². The second kappa shape index (κ2) is 5.42. The molecule has 1 atom stereocenters. The Bertz CT molecular complexity index is 536. The first-order valence-electron chi connectivity index (χ1n) is 5.58. The molecule has 0 aliphatic heterocycles. The summed E-state index contributed by atoms with van der Waals surface area (Å²) in [6.07, 6.45) is 0.919. The van der Waals surface area contributed by atoms with Gasteiger partial charge < -0.3 is 9.84 Å². The molecule has 0 bridgehead atoms. The molecule has 2 heterocycles. The summed E-state index contributed by atoms with van der Waals surface area (Å²) in [5.41, 5.74) is 0.696. The maximum absolute atomic E-state index is 10.5. The Kier molecular flexibility index (Phi) is 4.09. The number of hydrogen-bond acceptors (Lipinski definition) is 4. The monoisotopic (exact) mass is 330 g/mol. The number of nitrogens with zero attached hydrogens (tertiary/aromatic N) is 2. The lowest BCUT2D eigenvalue weighted by Crippen LogP contribution is -2.12. The number of hydrogen-bond donors (Lipinski definition) is 1. The van der Waals surface area contributed by atoms with Crippen molar-refractivity contribution in [2.24, 2.45) is 0 Å². The average molecular weight is 331 g/mol. The minimum Gasteiger partial charge on any atom is -0.493 e. The van der Waals surface area contributed by atoms with Crippen molar-refractivity contribution in [1.29, 1.82) is 0 Å². The first-order chi connectivity index (χ1) is 8.54. The smallest absolute Gasteiger partial charge is 0.163 e. The van der Waals surface area contributed by atoms with Crippen LogP contribution in [0, 0.1) is 0 Å². The third-order valence-corrected chi connectivity index (χ3v) is 4.37. The van der Waals surface area contributed by atoms with Crippen LogP contribution in [0.1, 0.15) is 36.6 Å². The molecule has 0 aliphatic rings. The topological polar surface area (TPSA) is 47.3 Å². The Morgan fingerprint density at radius 2 is 2.22 bits per heavy atom. The molecule has 98 valence electrons. The molecule has 2 aromatic rings. The highest BCUT2D eigenvalue weighted by Crippen LogP contribution is 2.35. The van der Waals surface area contributed by atoms with E-state index in [1.165, 1.54) is 11.3 Å². The summed E-state index contributed by atoms with van der Waals surface area (Å²) >= 11 is 4.89. The van der Waals surface area contributed by atoms with Crippen LogP contribution in [0.3, 0.4) is 0 Å². The van der Waals surface area contributed by atoms with Gasteiger partial charge in [0.05, 0.1) is 13.3 Å². The Balaban J connectivity index is 2.45. The number of rotatable bonds is 4. The molecule has 1 N–H and O–H groups in total. The first kappa shape index (κ1) is 13.6. The Labute approximate surface area is 118 Å². The van der Waals surface area contributed by atoms with E-state index in [-0.39, 0.29) is 6.04 Å². The molecular weight excluding hydrogens is 316 g/mol. The van der Waals surface area contributed by atoms with E-state index < -0.39 is 6.10 Å². The Hall–Kier alpha value is -0.850. The fourth-order valence-corrected chi connectivity index (χ4v) is 3.22. The van der Waals surface area contributed by atoms with Gasteiger partial charge in [-0.2, -0.15) is 5.10 Å². The lowest BCUT2D eigenvalue weighted by molar-refractivity contribution is 0.203. The molecule has 0 aliphatic carbocycles. The number of aliphatic hydroxyl groups is 1. The van der Waals surface area contributed by atoms with E-state index in [4.69, 9.17) is 4.74 Å². The minimum atomic E-state index is -0.721. The van der Waals surface area contributed by atoms with E-state index in [1.807, 2.05) is 25.3 Å². The van der Waals surface area contributed by atoms with E-state index >= 15 is 0 Å². The Morgan fingerprint density at radius 1 is 1.50 bits per heavy atom. The second-order valence-corrected chi connectivity index (χ2v) is 6.06. The van der Waals surface area contributed by atoms with Crippen molar-refractivity contribution >= 4 is 27.3 Å². The highest BCUT2D eigenvalue weighted by molar-refractivity contribution is 9.10. The molecule has 0 saturated heterocycles. The average Bonchev–Trinajstić information content (AvgIpc) is 2.93. The number of aromatic nitrogens is 2. The third-order valence-electron chi connectivity index (χ3n) is 2.62. The number of aliphatic hydroxyl groups excluding tert-OH is 1. The molecule has 0 aromatic carbocycles. The maximum atomic E-state index is 10.5. The highest BCUT2D eigenvalue weighted by Gasteiger charge is 2.23. The minimum absolute atomic E-state index is 0.168. The van der Waals surface area contributed by atoms with Crippen molar-refractivity contribution in [3.63, 3.8) is 0 Å². The third kappa shape index (κ3) is 2.46. The molecule has 2 rings (SSSR count). The molecule has 0 amide bonds. The van der Waals surface area contributed by atoms with Crippen LogP contribution in [0.25, 0.3) is 0 Å². The highest BCUT2D eigenvalue weighted by atomic mass is 79.9. The van der Waals surface area contributed by atoms with Gasteiger partial charge in [-0.1, -0.05) is 0 Å². The van der Waals surface area contributed by atoms with Crippen LogP contribution in [0.4, 0.5) is 0 Å². The molecule has 4 nitrogen and oxygen atoms in total. The number of ether oxygens (including phenoxy) is 1. The lowest BCUT2D eigenvalue weighted by Gasteiger charge is -2.16. The first-order valence-corrected chi connectivity index (χ1v) is 7.25. The van der Waals surface area contributed by atoms with Gasteiger partial charge in [0.1, 0.15) is 11.8 Å². The molecule has 0 fully saturated rings. The maximum Gasteiger partial charge on any atom is 0.163 e. The van der Waals surface area contributed by atoms with E-state index in [2.05, 4.69) is 21.0 Å². The zero-order chi connectivity index (χ0) is 13.3. The normalized spacial score (nSPS) is 13.0. The summed E-state index contributed by atoms with van der Waals surface area (Å²) in [5, 5.41) is 16.7. The summed E-state index contributed by atoms with van der Waals surface area (Å²) in [6.45, 7) is 4.04. The molecule has 2 aromatic heterocycles. The van der Waals surface area contributed by atoms with E-state index in [0.29, 0.717) is 11.4 Å². The quantitative estimate of drug-likeness (QED) is 0.934. The zero-order valence-electron chi connectivity index (χ0n) is 10.4. The van der Waals surface area contributed by atoms with Crippen LogP contribution in [0.15, 0.2) is 22.1 Å². The van der Waals surface area contributed by atoms with Crippen LogP contribution in [-0.2, 0) is 0 Å².